The van der Waals surface area contributed by atoms with Gasteiger partial charge in [0, 0.05) is 24.0 Å². The van der Waals surface area contributed by atoms with E-state index in [4.69, 9.17) is 4.74 Å². The Hall–Kier alpha value is -1.88. The van der Waals surface area contributed by atoms with Crippen molar-refractivity contribution in [3.63, 3.8) is 0 Å². The van der Waals surface area contributed by atoms with Gasteiger partial charge in [0.05, 0.1) is 19.2 Å². The lowest BCUT2D eigenvalue weighted by Gasteiger charge is -2.16. The van der Waals surface area contributed by atoms with E-state index in [-0.39, 0.29) is 5.91 Å². The Bertz CT molecular complexity index is 667. The molecular formula is C18H24N2O2S. The molecule has 1 heterocycles. The first kappa shape index (κ1) is 17.5. The molecule has 0 bridgehead atoms. The summed E-state index contributed by atoms with van der Waals surface area (Å²) in [6, 6.07) is 7.85. The average Bonchev–Trinajstić information content (AvgIpc) is 2.93. The van der Waals surface area contributed by atoms with Gasteiger partial charge in [0.2, 0.25) is 5.91 Å². The first-order valence-corrected chi connectivity index (χ1v) is 8.71. The predicted octanol–water partition coefficient (Wildman–Crippen LogP) is 3.93. The Balaban J connectivity index is 2.13. The van der Waals surface area contributed by atoms with Gasteiger partial charge < -0.3 is 9.64 Å². The standard InChI is InChI=1S/C18H24N2O2S/c1-5-6-10-20(3)17(21)12-16-13(2)19-18(23-16)14-8-7-9-15(11-14)22-4/h7-9,11H,5-6,10,12H2,1-4H3. The highest BCUT2D eigenvalue weighted by molar-refractivity contribution is 7.15. The number of methoxy groups -OCH3 is 1. The third-order valence-electron chi connectivity index (χ3n) is 3.79. The van der Waals surface area contributed by atoms with Crippen molar-refractivity contribution >= 4 is 17.2 Å². The van der Waals surface area contributed by atoms with Crippen molar-refractivity contribution in [2.75, 3.05) is 20.7 Å². The molecule has 1 aromatic heterocycles. The fraction of sp³-hybridized carbons (Fsp3) is 0.444. The molecule has 2 rings (SSSR count). The molecule has 1 amide bonds. The lowest BCUT2D eigenvalue weighted by molar-refractivity contribution is -0.129. The molecule has 0 N–H and O–H groups in total. The van der Waals surface area contributed by atoms with Gasteiger partial charge in [-0.15, -0.1) is 11.3 Å². The minimum Gasteiger partial charge on any atom is -0.497 e. The van der Waals surface area contributed by atoms with Crippen molar-refractivity contribution in [3.05, 3.63) is 34.8 Å². The zero-order chi connectivity index (χ0) is 16.8. The van der Waals surface area contributed by atoms with Gasteiger partial charge in [0.1, 0.15) is 10.8 Å². The Kier molecular flexibility index (Phi) is 6.16. The van der Waals surface area contributed by atoms with Crippen molar-refractivity contribution in [3.8, 4) is 16.3 Å². The number of unbranched alkanes of at least 4 members (excludes halogenated alkanes) is 1. The van der Waals surface area contributed by atoms with Crippen LogP contribution in [0.2, 0.25) is 0 Å². The predicted molar refractivity (Wildman–Crippen MR) is 95.1 cm³/mol. The van der Waals surface area contributed by atoms with Crippen LogP contribution in [0.15, 0.2) is 24.3 Å². The number of amides is 1. The first-order valence-electron chi connectivity index (χ1n) is 7.89. The first-order chi connectivity index (χ1) is 11.0. The normalized spacial score (nSPS) is 10.6. The van der Waals surface area contributed by atoms with E-state index in [9.17, 15) is 4.79 Å². The average molecular weight is 332 g/mol. The molecule has 5 heteroatoms. The zero-order valence-corrected chi connectivity index (χ0v) is 15.1. The van der Waals surface area contributed by atoms with E-state index in [1.54, 1.807) is 18.4 Å². The summed E-state index contributed by atoms with van der Waals surface area (Å²) in [6.07, 6.45) is 2.56. The van der Waals surface area contributed by atoms with Gasteiger partial charge in [0.25, 0.3) is 0 Å². The highest BCUT2D eigenvalue weighted by Gasteiger charge is 2.15. The smallest absolute Gasteiger partial charge is 0.227 e. The molecule has 0 aliphatic rings. The second-order valence-corrected chi connectivity index (χ2v) is 6.69. The van der Waals surface area contributed by atoms with Crippen LogP contribution in [0.1, 0.15) is 30.3 Å². The van der Waals surface area contributed by atoms with E-state index < -0.39 is 0 Å². The molecular weight excluding hydrogens is 308 g/mol. The molecule has 0 radical (unpaired) electrons. The van der Waals surface area contributed by atoms with Crippen LogP contribution < -0.4 is 4.74 Å². The number of benzene rings is 1. The lowest BCUT2D eigenvalue weighted by atomic mass is 10.2. The van der Waals surface area contributed by atoms with Crippen LogP contribution in [-0.4, -0.2) is 36.5 Å². The van der Waals surface area contributed by atoms with Crippen LogP contribution in [-0.2, 0) is 11.2 Å². The van der Waals surface area contributed by atoms with Crippen molar-refractivity contribution in [2.24, 2.45) is 0 Å². The number of hydrogen-bond donors (Lipinski definition) is 0. The van der Waals surface area contributed by atoms with E-state index in [2.05, 4.69) is 11.9 Å². The maximum atomic E-state index is 12.3. The Labute approximate surface area is 142 Å². The van der Waals surface area contributed by atoms with E-state index in [1.807, 2.05) is 43.1 Å². The molecule has 0 spiro atoms. The Morgan fingerprint density at radius 1 is 1.39 bits per heavy atom. The van der Waals surface area contributed by atoms with Gasteiger partial charge >= 0.3 is 0 Å². The molecule has 0 saturated carbocycles. The van der Waals surface area contributed by atoms with Crippen LogP contribution in [0.25, 0.3) is 10.6 Å². The largest absolute Gasteiger partial charge is 0.497 e. The quantitative estimate of drug-likeness (QED) is 0.771. The number of carbonyl (C=O) groups is 1. The third-order valence-corrected chi connectivity index (χ3v) is 5.00. The molecule has 23 heavy (non-hydrogen) atoms. The van der Waals surface area contributed by atoms with Gasteiger partial charge in [-0.3, -0.25) is 4.79 Å². The summed E-state index contributed by atoms with van der Waals surface area (Å²) in [5.74, 6) is 0.967. The molecule has 0 unspecified atom stereocenters. The highest BCUT2D eigenvalue weighted by Crippen LogP contribution is 2.30. The number of thiazole rings is 1. The van der Waals surface area contributed by atoms with Gasteiger partial charge in [-0.05, 0) is 25.5 Å². The van der Waals surface area contributed by atoms with Crippen LogP contribution in [0.3, 0.4) is 0 Å². The Morgan fingerprint density at radius 3 is 2.87 bits per heavy atom. The molecule has 1 aromatic carbocycles. The highest BCUT2D eigenvalue weighted by atomic mass is 32.1. The number of carbonyl (C=O) groups excluding carboxylic acids is 1. The number of aryl methyl sites for hydroxylation is 1. The fourth-order valence-corrected chi connectivity index (χ4v) is 3.31. The maximum absolute atomic E-state index is 12.3. The summed E-state index contributed by atoms with van der Waals surface area (Å²) in [7, 11) is 3.53. The summed E-state index contributed by atoms with van der Waals surface area (Å²) in [5.41, 5.74) is 1.96. The number of hydrogen-bond acceptors (Lipinski definition) is 4. The number of aromatic nitrogens is 1. The lowest BCUT2D eigenvalue weighted by Crippen LogP contribution is -2.29. The number of ether oxygens (including phenoxy) is 1. The third kappa shape index (κ3) is 4.55. The number of rotatable bonds is 7. The van der Waals surface area contributed by atoms with Crippen molar-refractivity contribution in [1.82, 2.24) is 9.88 Å². The minimum absolute atomic E-state index is 0.155. The summed E-state index contributed by atoms with van der Waals surface area (Å²) in [5, 5.41) is 0.931. The SMILES string of the molecule is CCCCN(C)C(=O)Cc1sc(-c2cccc(OC)c2)nc1C. The summed E-state index contributed by atoms with van der Waals surface area (Å²) in [6.45, 7) is 4.91. The summed E-state index contributed by atoms with van der Waals surface area (Å²) < 4.78 is 5.26. The summed E-state index contributed by atoms with van der Waals surface area (Å²) >= 11 is 1.59. The molecule has 0 saturated heterocycles. The van der Waals surface area contributed by atoms with Crippen molar-refractivity contribution < 1.29 is 9.53 Å². The van der Waals surface area contributed by atoms with Crippen LogP contribution in [0, 0.1) is 6.92 Å². The van der Waals surface area contributed by atoms with Crippen LogP contribution >= 0.6 is 11.3 Å². The number of likely N-dealkylation sites (N-methyl/N-ethyl adjacent to an activating group) is 1. The van der Waals surface area contributed by atoms with E-state index in [0.29, 0.717) is 6.42 Å². The van der Waals surface area contributed by atoms with Gasteiger partial charge in [-0.2, -0.15) is 0 Å². The van der Waals surface area contributed by atoms with E-state index in [0.717, 1.165) is 46.3 Å². The molecule has 0 aliphatic heterocycles. The topological polar surface area (TPSA) is 42.4 Å². The molecule has 124 valence electrons. The van der Waals surface area contributed by atoms with Crippen LogP contribution in [0.4, 0.5) is 0 Å². The fourth-order valence-electron chi connectivity index (χ4n) is 2.26. The summed E-state index contributed by atoms with van der Waals surface area (Å²) in [4.78, 5) is 19.8. The van der Waals surface area contributed by atoms with Crippen molar-refractivity contribution in [2.45, 2.75) is 33.1 Å². The van der Waals surface area contributed by atoms with Gasteiger partial charge in [-0.1, -0.05) is 25.5 Å². The van der Waals surface area contributed by atoms with Crippen molar-refractivity contribution in [1.29, 1.82) is 0 Å². The zero-order valence-electron chi connectivity index (χ0n) is 14.3. The monoisotopic (exact) mass is 332 g/mol. The maximum Gasteiger partial charge on any atom is 0.227 e. The molecule has 0 aliphatic carbocycles. The van der Waals surface area contributed by atoms with Gasteiger partial charge in [0.15, 0.2) is 0 Å². The molecule has 0 atom stereocenters. The Morgan fingerprint density at radius 2 is 2.17 bits per heavy atom. The van der Waals surface area contributed by atoms with E-state index >= 15 is 0 Å². The molecule has 2 aromatic rings. The van der Waals surface area contributed by atoms with E-state index in [1.165, 1.54) is 0 Å². The second kappa shape index (κ2) is 8.11. The number of nitrogens with zero attached hydrogens (tertiary/aromatic N) is 2. The molecule has 4 nitrogen and oxygen atoms in total. The second-order valence-electron chi connectivity index (χ2n) is 5.61. The van der Waals surface area contributed by atoms with Gasteiger partial charge in [-0.25, -0.2) is 4.98 Å². The minimum atomic E-state index is 0.155. The molecule has 0 fully saturated rings. The van der Waals surface area contributed by atoms with Crippen LogP contribution in [0.5, 0.6) is 5.75 Å².